The normalized spacial score (nSPS) is 24.0. The van der Waals surface area contributed by atoms with Crippen molar-refractivity contribution < 1.29 is 4.74 Å². The second-order valence-electron chi connectivity index (χ2n) is 6.82. The molecule has 0 aromatic heterocycles. The summed E-state index contributed by atoms with van der Waals surface area (Å²) in [6.07, 6.45) is 2.41. The van der Waals surface area contributed by atoms with E-state index in [0.717, 1.165) is 32.2 Å². The molecule has 0 spiro atoms. The van der Waals surface area contributed by atoms with E-state index in [4.69, 9.17) is 4.74 Å². The first-order valence-electron chi connectivity index (χ1n) is 8.38. The molecule has 1 unspecified atom stereocenters. The van der Waals surface area contributed by atoms with Gasteiger partial charge in [-0.2, -0.15) is 0 Å². The molecule has 1 aromatic rings. The van der Waals surface area contributed by atoms with E-state index in [1.165, 1.54) is 30.6 Å². The summed E-state index contributed by atoms with van der Waals surface area (Å²) in [6.45, 7) is 9.79. The van der Waals surface area contributed by atoms with Gasteiger partial charge < -0.3 is 15.0 Å². The maximum atomic E-state index is 5.51. The lowest BCUT2D eigenvalue weighted by Gasteiger charge is -2.34. The molecule has 3 nitrogen and oxygen atoms in total. The smallest absolute Gasteiger partial charge is 0.0469 e. The van der Waals surface area contributed by atoms with E-state index in [0.29, 0.717) is 12.0 Å². The van der Waals surface area contributed by atoms with Crippen molar-refractivity contribution in [2.75, 3.05) is 31.2 Å². The molecule has 21 heavy (non-hydrogen) atoms. The molecule has 0 saturated carbocycles. The highest BCUT2D eigenvalue weighted by atomic mass is 16.5. The van der Waals surface area contributed by atoms with Gasteiger partial charge in [-0.1, -0.05) is 32.0 Å². The average molecular weight is 288 g/mol. The molecule has 0 amide bonds. The molecule has 1 fully saturated rings. The lowest BCUT2D eigenvalue weighted by atomic mass is 9.98. The van der Waals surface area contributed by atoms with Crippen LogP contribution in [0.15, 0.2) is 24.3 Å². The Labute approximate surface area is 128 Å². The molecule has 0 aliphatic carbocycles. The zero-order valence-electron chi connectivity index (χ0n) is 13.3. The molecular formula is C18H28N2O. The molecule has 1 saturated heterocycles. The Kier molecular flexibility index (Phi) is 4.81. The highest BCUT2D eigenvalue weighted by Crippen LogP contribution is 2.27. The van der Waals surface area contributed by atoms with Crippen molar-refractivity contribution in [2.24, 2.45) is 11.8 Å². The predicted molar refractivity (Wildman–Crippen MR) is 87.7 cm³/mol. The number of nitrogens with zero attached hydrogens (tertiary/aromatic N) is 1. The van der Waals surface area contributed by atoms with Crippen molar-refractivity contribution in [1.82, 2.24) is 5.32 Å². The van der Waals surface area contributed by atoms with Gasteiger partial charge in [0.05, 0.1) is 0 Å². The number of nitrogens with one attached hydrogen (secondary N) is 1. The minimum Gasteiger partial charge on any atom is -0.381 e. The molecule has 3 rings (SSSR count). The van der Waals surface area contributed by atoms with Gasteiger partial charge in [-0.15, -0.1) is 0 Å². The molecular weight excluding hydrogens is 260 g/mol. The maximum absolute atomic E-state index is 5.51. The number of ether oxygens (including phenoxy) is 1. The van der Waals surface area contributed by atoms with Crippen LogP contribution in [0.4, 0.5) is 5.69 Å². The molecule has 116 valence electrons. The topological polar surface area (TPSA) is 24.5 Å². The third-order valence-corrected chi connectivity index (χ3v) is 4.93. The fourth-order valence-corrected chi connectivity index (χ4v) is 3.47. The molecule has 2 aliphatic heterocycles. The van der Waals surface area contributed by atoms with Crippen molar-refractivity contribution in [2.45, 2.75) is 39.3 Å². The Morgan fingerprint density at radius 3 is 2.76 bits per heavy atom. The number of rotatable bonds is 3. The molecule has 0 bridgehead atoms. The summed E-state index contributed by atoms with van der Waals surface area (Å²) in [6, 6.07) is 9.45. The molecule has 1 N–H and O–H groups in total. The van der Waals surface area contributed by atoms with Crippen molar-refractivity contribution >= 4 is 5.69 Å². The van der Waals surface area contributed by atoms with E-state index in [2.05, 4.69) is 48.3 Å². The summed E-state index contributed by atoms with van der Waals surface area (Å²) in [5.74, 6) is 1.44. The summed E-state index contributed by atoms with van der Waals surface area (Å²) in [5.41, 5.74) is 2.87. The van der Waals surface area contributed by atoms with E-state index >= 15 is 0 Å². The van der Waals surface area contributed by atoms with Gasteiger partial charge in [0.15, 0.2) is 0 Å². The van der Waals surface area contributed by atoms with Gasteiger partial charge in [0.25, 0.3) is 0 Å². The number of hydrogen-bond acceptors (Lipinski definition) is 3. The van der Waals surface area contributed by atoms with Crippen LogP contribution in [0.5, 0.6) is 0 Å². The predicted octanol–water partition coefficient (Wildman–Crippen LogP) is 3.05. The Balaban J connectivity index is 1.79. The zero-order valence-corrected chi connectivity index (χ0v) is 13.3. The molecule has 2 heterocycles. The first kappa shape index (κ1) is 14.9. The third kappa shape index (κ3) is 3.58. The van der Waals surface area contributed by atoms with Gasteiger partial charge in [0.2, 0.25) is 0 Å². The third-order valence-electron chi connectivity index (χ3n) is 4.93. The summed E-state index contributed by atoms with van der Waals surface area (Å²) < 4.78 is 5.51. The van der Waals surface area contributed by atoms with Gasteiger partial charge in [0, 0.05) is 44.6 Å². The number of anilines is 1. The van der Waals surface area contributed by atoms with Crippen molar-refractivity contribution in [3.8, 4) is 0 Å². The van der Waals surface area contributed by atoms with E-state index < -0.39 is 0 Å². The number of para-hydroxylation sites is 1. The van der Waals surface area contributed by atoms with Crippen LogP contribution in [0.1, 0.15) is 32.3 Å². The number of hydrogen-bond donors (Lipinski definition) is 1. The lowest BCUT2D eigenvalue weighted by molar-refractivity contribution is 0.0680. The van der Waals surface area contributed by atoms with Gasteiger partial charge in [0.1, 0.15) is 0 Å². The Bertz CT molecular complexity index is 454. The van der Waals surface area contributed by atoms with E-state index in [1.807, 2.05) is 0 Å². The second-order valence-corrected chi connectivity index (χ2v) is 6.82. The Morgan fingerprint density at radius 1 is 1.24 bits per heavy atom. The van der Waals surface area contributed by atoms with E-state index in [-0.39, 0.29) is 0 Å². The van der Waals surface area contributed by atoms with Crippen LogP contribution < -0.4 is 10.2 Å². The van der Waals surface area contributed by atoms with Crippen molar-refractivity contribution in [3.05, 3.63) is 29.8 Å². The quantitative estimate of drug-likeness (QED) is 0.925. The fourth-order valence-electron chi connectivity index (χ4n) is 3.47. The van der Waals surface area contributed by atoms with E-state index in [9.17, 15) is 0 Å². The number of fused-ring (bicyclic) bond motifs is 1. The van der Waals surface area contributed by atoms with Crippen LogP contribution in [-0.2, 0) is 11.3 Å². The van der Waals surface area contributed by atoms with Crippen molar-refractivity contribution in [3.63, 3.8) is 0 Å². The Hall–Kier alpha value is -1.06. The van der Waals surface area contributed by atoms with Crippen LogP contribution in [0.2, 0.25) is 0 Å². The molecule has 1 atom stereocenters. The lowest BCUT2D eigenvalue weighted by Crippen LogP contribution is -2.43. The molecule has 0 radical (unpaired) electrons. The summed E-state index contributed by atoms with van der Waals surface area (Å²) in [5, 5.41) is 3.74. The first-order chi connectivity index (χ1) is 10.2. The second kappa shape index (κ2) is 6.80. The zero-order chi connectivity index (χ0) is 14.7. The largest absolute Gasteiger partial charge is 0.381 e. The van der Waals surface area contributed by atoms with Crippen LogP contribution in [0.3, 0.4) is 0 Å². The van der Waals surface area contributed by atoms with Gasteiger partial charge in [-0.05, 0) is 36.3 Å². The fraction of sp³-hybridized carbons (Fsp3) is 0.667. The minimum absolute atomic E-state index is 0.567. The van der Waals surface area contributed by atoms with Gasteiger partial charge in [-0.25, -0.2) is 0 Å². The van der Waals surface area contributed by atoms with Crippen LogP contribution in [-0.4, -0.2) is 32.3 Å². The molecule has 1 aromatic carbocycles. The maximum Gasteiger partial charge on any atom is 0.0469 e. The number of benzene rings is 1. The van der Waals surface area contributed by atoms with Crippen LogP contribution in [0, 0.1) is 11.8 Å². The van der Waals surface area contributed by atoms with Gasteiger partial charge >= 0.3 is 0 Å². The van der Waals surface area contributed by atoms with Crippen LogP contribution in [0.25, 0.3) is 0 Å². The molecule has 3 heteroatoms. The monoisotopic (exact) mass is 288 g/mol. The Morgan fingerprint density at radius 2 is 2.00 bits per heavy atom. The van der Waals surface area contributed by atoms with E-state index in [1.54, 1.807) is 0 Å². The van der Waals surface area contributed by atoms with Crippen molar-refractivity contribution in [1.29, 1.82) is 0 Å². The highest BCUT2D eigenvalue weighted by molar-refractivity contribution is 5.54. The average Bonchev–Trinajstić information content (AvgIpc) is 2.69. The van der Waals surface area contributed by atoms with Gasteiger partial charge in [-0.3, -0.25) is 0 Å². The molecule has 2 aliphatic rings. The van der Waals surface area contributed by atoms with Crippen LogP contribution >= 0.6 is 0 Å². The first-order valence-corrected chi connectivity index (χ1v) is 8.38. The summed E-state index contributed by atoms with van der Waals surface area (Å²) >= 11 is 0. The highest BCUT2D eigenvalue weighted by Gasteiger charge is 2.25. The summed E-state index contributed by atoms with van der Waals surface area (Å²) in [4.78, 5) is 2.62. The standard InChI is InChI=1S/C18H28N2O/c1-14(2)17-13-20(12-15-7-9-21-10-8-15)18-6-4-3-5-16(18)11-19-17/h3-6,14-15,17,19H,7-13H2,1-2H3. The SMILES string of the molecule is CC(C)C1CN(CC2CCOCC2)c2ccccc2CN1. The minimum atomic E-state index is 0.567. The summed E-state index contributed by atoms with van der Waals surface area (Å²) in [7, 11) is 0.